The van der Waals surface area contributed by atoms with Crippen molar-refractivity contribution in [3.8, 4) is 0 Å². The van der Waals surface area contributed by atoms with E-state index in [0.717, 1.165) is 11.3 Å². The van der Waals surface area contributed by atoms with Gasteiger partial charge < -0.3 is 15.0 Å². The number of rotatable bonds is 6. The van der Waals surface area contributed by atoms with Gasteiger partial charge in [0.25, 0.3) is 0 Å². The number of carboxylic acid groups (broad SMARTS) is 1. The molecule has 2 N–H and O–H groups in total. The summed E-state index contributed by atoms with van der Waals surface area (Å²) >= 11 is 9.48. The smallest absolute Gasteiger partial charge is 0.356 e. The van der Waals surface area contributed by atoms with E-state index in [2.05, 4.69) is 36.2 Å². The standard InChI is InChI=1S/C20H21BrClN5O2/c1-10(2)27-18(17(19(28)29)26-20(27)21)16(13-5-7-14(22)8-6-13)25-15-9-11(3)23-12(4)24-15/h5-10,16H,1-4H3,(H,28,29)(H,23,24,25). The average Bonchev–Trinajstić information content (AvgIpc) is 2.97. The highest BCUT2D eigenvalue weighted by Gasteiger charge is 2.30. The van der Waals surface area contributed by atoms with Crippen LogP contribution in [0.4, 0.5) is 5.82 Å². The maximum Gasteiger partial charge on any atom is 0.356 e. The van der Waals surface area contributed by atoms with Crippen molar-refractivity contribution in [1.29, 1.82) is 0 Å². The Hall–Kier alpha value is -2.45. The van der Waals surface area contributed by atoms with E-state index in [4.69, 9.17) is 11.6 Å². The molecule has 0 amide bonds. The summed E-state index contributed by atoms with van der Waals surface area (Å²) in [5.74, 6) is 0.120. The SMILES string of the molecule is Cc1cc(NC(c2ccc(Cl)cc2)c2c(C(=O)O)nc(Br)n2C(C)C)nc(C)n1. The molecule has 1 aromatic carbocycles. The molecular weight excluding hydrogens is 458 g/mol. The van der Waals surface area contributed by atoms with Gasteiger partial charge in [-0.05, 0) is 61.3 Å². The highest BCUT2D eigenvalue weighted by Crippen LogP contribution is 2.34. The lowest BCUT2D eigenvalue weighted by Crippen LogP contribution is -2.21. The fraction of sp³-hybridized carbons (Fsp3) is 0.300. The molecule has 3 rings (SSSR count). The summed E-state index contributed by atoms with van der Waals surface area (Å²) in [6, 6.07) is 8.54. The van der Waals surface area contributed by atoms with Crippen molar-refractivity contribution < 1.29 is 9.90 Å². The number of anilines is 1. The van der Waals surface area contributed by atoms with E-state index in [1.54, 1.807) is 12.1 Å². The number of hydrogen-bond donors (Lipinski definition) is 2. The van der Waals surface area contributed by atoms with E-state index < -0.39 is 12.0 Å². The number of hydrogen-bond acceptors (Lipinski definition) is 5. The lowest BCUT2D eigenvalue weighted by molar-refractivity contribution is 0.0689. The predicted octanol–water partition coefficient (Wildman–Crippen LogP) is 5.19. The number of carbonyl (C=O) groups is 1. The van der Waals surface area contributed by atoms with Gasteiger partial charge in [0, 0.05) is 22.8 Å². The molecule has 0 radical (unpaired) electrons. The normalized spacial score (nSPS) is 12.2. The van der Waals surface area contributed by atoms with Gasteiger partial charge in [-0.15, -0.1) is 0 Å². The van der Waals surface area contributed by atoms with Crippen LogP contribution in [0.3, 0.4) is 0 Å². The van der Waals surface area contributed by atoms with Gasteiger partial charge in [-0.3, -0.25) is 0 Å². The number of carboxylic acids is 1. The fourth-order valence-corrected chi connectivity index (χ4v) is 4.15. The molecule has 0 fully saturated rings. The second-order valence-electron chi connectivity index (χ2n) is 6.95. The van der Waals surface area contributed by atoms with Gasteiger partial charge in [0.05, 0.1) is 11.7 Å². The molecule has 0 aliphatic heterocycles. The molecule has 152 valence electrons. The van der Waals surface area contributed by atoms with E-state index in [9.17, 15) is 9.90 Å². The number of aryl methyl sites for hydroxylation is 2. The minimum Gasteiger partial charge on any atom is -0.476 e. The van der Waals surface area contributed by atoms with Gasteiger partial charge >= 0.3 is 5.97 Å². The molecule has 1 unspecified atom stereocenters. The summed E-state index contributed by atoms with van der Waals surface area (Å²) in [4.78, 5) is 25.0. The number of nitrogens with zero attached hydrogens (tertiary/aromatic N) is 4. The zero-order valence-electron chi connectivity index (χ0n) is 16.4. The molecule has 2 heterocycles. The number of benzene rings is 1. The van der Waals surface area contributed by atoms with Crippen LogP contribution in [-0.2, 0) is 0 Å². The van der Waals surface area contributed by atoms with Crippen LogP contribution < -0.4 is 5.32 Å². The average molecular weight is 479 g/mol. The molecule has 2 aromatic heterocycles. The molecule has 0 spiro atoms. The molecule has 9 heteroatoms. The Bertz CT molecular complexity index is 1030. The molecular formula is C20H21BrClN5O2. The molecule has 29 heavy (non-hydrogen) atoms. The minimum absolute atomic E-state index is 0.0227. The Kier molecular flexibility index (Phi) is 6.24. The summed E-state index contributed by atoms with van der Waals surface area (Å²) < 4.78 is 2.31. The zero-order valence-corrected chi connectivity index (χ0v) is 18.8. The number of aromatic carboxylic acids is 1. The highest BCUT2D eigenvalue weighted by molar-refractivity contribution is 9.10. The minimum atomic E-state index is -1.10. The number of halogens is 2. The van der Waals surface area contributed by atoms with E-state index >= 15 is 0 Å². The first-order chi connectivity index (χ1) is 13.7. The maximum atomic E-state index is 12.0. The van der Waals surface area contributed by atoms with Crippen molar-refractivity contribution in [3.63, 3.8) is 0 Å². The molecule has 0 saturated carbocycles. The van der Waals surface area contributed by atoms with E-state index in [0.29, 0.717) is 27.1 Å². The molecule has 0 saturated heterocycles. The van der Waals surface area contributed by atoms with Gasteiger partial charge in [0.2, 0.25) is 0 Å². The first-order valence-corrected chi connectivity index (χ1v) is 10.2. The van der Waals surface area contributed by atoms with Gasteiger partial charge in [0.1, 0.15) is 11.6 Å². The maximum absolute atomic E-state index is 12.0. The van der Waals surface area contributed by atoms with Crippen molar-refractivity contribution in [1.82, 2.24) is 19.5 Å². The van der Waals surface area contributed by atoms with E-state index in [1.165, 1.54) is 0 Å². The predicted molar refractivity (Wildman–Crippen MR) is 116 cm³/mol. The van der Waals surface area contributed by atoms with Crippen LogP contribution in [0.1, 0.15) is 59.2 Å². The van der Waals surface area contributed by atoms with Crippen LogP contribution in [0.2, 0.25) is 5.02 Å². The van der Waals surface area contributed by atoms with Crippen LogP contribution in [-0.4, -0.2) is 30.6 Å². The van der Waals surface area contributed by atoms with Crippen molar-refractivity contribution in [2.24, 2.45) is 0 Å². The fourth-order valence-electron chi connectivity index (χ4n) is 3.24. The molecule has 0 aliphatic rings. The first kappa shape index (κ1) is 21.3. The van der Waals surface area contributed by atoms with Gasteiger partial charge in [-0.2, -0.15) is 0 Å². The largest absolute Gasteiger partial charge is 0.476 e. The van der Waals surface area contributed by atoms with Gasteiger partial charge in [-0.25, -0.2) is 19.7 Å². The van der Waals surface area contributed by atoms with Crippen molar-refractivity contribution in [2.45, 2.75) is 39.8 Å². The second-order valence-corrected chi connectivity index (χ2v) is 8.10. The second kappa shape index (κ2) is 8.51. The topological polar surface area (TPSA) is 92.9 Å². The third kappa shape index (κ3) is 4.59. The lowest BCUT2D eigenvalue weighted by atomic mass is 10.0. The van der Waals surface area contributed by atoms with Crippen molar-refractivity contribution >= 4 is 39.3 Å². The number of aromatic nitrogens is 4. The third-order valence-electron chi connectivity index (χ3n) is 4.36. The first-order valence-electron chi connectivity index (χ1n) is 9.02. The Morgan fingerprint density at radius 3 is 2.38 bits per heavy atom. The van der Waals surface area contributed by atoms with Crippen molar-refractivity contribution in [2.75, 3.05) is 5.32 Å². The van der Waals surface area contributed by atoms with Gasteiger partial charge in [0.15, 0.2) is 10.4 Å². The van der Waals surface area contributed by atoms with Crippen LogP contribution in [0.15, 0.2) is 35.1 Å². The molecule has 0 bridgehead atoms. The zero-order chi connectivity index (χ0) is 21.3. The lowest BCUT2D eigenvalue weighted by Gasteiger charge is -2.24. The Morgan fingerprint density at radius 2 is 1.83 bits per heavy atom. The number of nitrogens with one attached hydrogen (secondary N) is 1. The van der Waals surface area contributed by atoms with Crippen LogP contribution in [0.25, 0.3) is 0 Å². The summed E-state index contributed by atoms with van der Waals surface area (Å²) in [5, 5.41) is 13.8. The molecule has 3 aromatic rings. The molecule has 0 aliphatic carbocycles. The summed E-state index contributed by atoms with van der Waals surface area (Å²) in [5.41, 5.74) is 2.14. The summed E-state index contributed by atoms with van der Waals surface area (Å²) in [6.07, 6.45) is 0. The van der Waals surface area contributed by atoms with Crippen molar-refractivity contribution in [3.05, 3.63) is 68.6 Å². The molecule has 1 atom stereocenters. The monoisotopic (exact) mass is 477 g/mol. The van der Waals surface area contributed by atoms with E-state index in [-0.39, 0.29) is 11.7 Å². The van der Waals surface area contributed by atoms with E-state index in [1.807, 2.05) is 50.5 Å². The highest BCUT2D eigenvalue weighted by atomic mass is 79.9. The van der Waals surface area contributed by atoms with Crippen LogP contribution in [0.5, 0.6) is 0 Å². The Morgan fingerprint density at radius 1 is 1.17 bits per heavy atom. The Balaban J connectivity index is 2.23. The summed E-state index contributed by atoms with van der Waals surface area (Å²) in [6.45, 7) is 7.64. The number of imidazole rings is 1. The van der Waals surface area contributed by atoms with Crippen LogP contribution in [0, 0.1) is 13.8 Å². The quantitative estimate of drug-likeness (QED) is 0.507. The summed E-state index contributed by atoms with van der Waals surface area (Å²) in [7, 11) is 0. The van der Waals surface area contributed by atoms with Crippen LogP contribution >= 0.6 is 27.5 Å². The Labute approximate surface area is 182 Å². The van der Waals surface area contributed by atoms with Gasteiger partial charge in [-0.1, -0.05) is 23.7 Å². The third-order valence-corrected chi connectivity index (χ3v) is 5.17. The molecule has 7 nitrogen and oxygen atoms in total.